The molecule has 3 amide bonds. The number of hydrogen-bond acceptors (Lipinski definition) is 8. The van der Waals surface area contributed by atoms with Gasteiger partial charge in [0.05, 0.1) is 18.8 Å². The van der Waals surface area contributed by atoms with E-state index in [0.717, 1.165) is 0 Å². The average molecular weight is 574 g/mol. The van der Waals surface area contributed by atoms with Gasteiger partial charge in [-0.2, -0.15) is 0 Å². The van der Waals surface area contributed by atoms with E-state index in [9.17, 15) is 29.1 Å². The van der Waals surface area contributed by atoms with Gasteiger partial charge in [0.1, 0.15) is 18.1 Å². The first-order chi connectivity index (χ1) is 19.5. The van der Waals surface area contributed by atoms with Crippen LogP contribution < -0.4 is 33.2 Å². The zero-order chi connectivity index (χ0) is 30.4. The zero-order valence-corrected chi connectivity index (χ0v) is 22.2. The molecule has 41 heavy (non-hydrogen) atoms. The molecule has 2 rings (SSSR count). The molecule has 0 aliphatic carbocycles. The van der Waals surface area contributed by atoms with Gasteiger partial charge in [-0.05, 0) is 18.4 Å². The second-order valence-corrected chi connectivity index (χ2v) is 9.15. The summed E-state index contributed by atoms with van der Waals surface area (Å²) in [6.07, 6.45) is 2.44. The largest absolute Gasteiger partial charge is 0.481 e. The number of nitrogens with two attached hydrogens (primary N) is 3. The SMILES string of the molecule is NC(N)=NCCCC(N)C(=O)NC(Cc1ccccc1)C(=O)NC(Cc1cnc[nH]1)C(=O)NC(CC(=O)O)C(=O)O. The van der Waals surface area contributed by atoms with Crippen LogP contribution in [0.5, 0.6) is 0 Å². The van der Waals surface area contributed by atoms with Crippen molar-refractivity contribution in [1.29, 1.82) is 0 Å². The molecule has 1 aromatic carbocycles. The summed E-state index contributed by atoms with van der Waals surface area (Å²) in [4.78, 5) is 72.4. The van der Waals surface area contributed by atoms with Gasteiger partial charge in [0.25, 0.3) is 0 Å². The highest BCUT2D eigenvalue weighted by atomic mass is 16.4. The van der Waals surface area contributed by atoms with Gasteiger partial charge >= 0.3 is 11.9 Å². The van der Waals surface area contributed by atoms with Gasteiger partial charge in [-0.1, -0.05) is 30.3 Å². The van der Waals surface area contributed by atoms with E-state index in [1.54, 1.807) is 30.3 Å². The summed E-state index contributed by atoms with van der Waals surface area (Å²) in [6.45, 7) is 0.265. The third kappa shape index (κ3) is 11.7. The normalized spacial score (nSPS) is 13.6. The fraction of sp³-hybridized carbons (Fsp3) is 0.400. The van der Waals surface area contributed by atoms with Crippen molar-refractivity contribution in [3.63, 3.8) is 0 Å². The van der Waals surface area contributed by atoms with E-state index in [2.05, 4.69) is 30.9 Å². The molecule has 0 bridgehead atoms. The second kappa shape index (κ2) is 16.2. The molecule has 4 atom stereocenters. The average Bonchev–Trinajstić information content (AvgIpc) is 3.43. The molecule has 4 unspecified atom stereocenters. The fourth-order valence-corrected chi connectivity index (χ4v) is 3.73. The number of H-pyrrole nitrogens is 1. The number of guanidine groups is 1. The van der Waals surface area contributed by atoms with E-state index in [4.69, 9.17) is 22.3 Å². The van der Waals surface area contributed by atoms with Gasteiger partial charge in [-0.25, -0.2) is 9.78 Å². The topological polar surface area (TPSA) is 281 Å². The molecule has 16 heteroatoms. The Bertz CT molecular complexity index is 1200. The maximum absolute atomic E-state index is 13.5. The van der Waals surface area contributed by atoms with Crippen LogP contribution >= 0.6 is 0 Å². The Morgan fingerprint density at radius 1 is 0.902 bits per heavy atom. The molecule has 0 aliphatic rings. The molecule has 0 fully saturated rings. The number of aromatic amines is 1. The van der Waals surface area contributed by atoms with Crippen LogP contribution in [0.1, 0.15) is 30.5 Å². The third-order valence-electron chi connectivity index (χ3n) is 5.83. The summed E-state index contributed by atoms with van der Waals surface area (Å²) in [5.41, 5.74) is 17.7. The van der Waals surface area contributed by atoms with Crippen LogP contribution in [0.4, 0.5) is 0 Å². The molecule has 0 radical (unpaired) electrons. The summed E-state index contributed by atoms with van der Waals surface area (Å²) >= 11 is 0. The summed E-state index contributed by atoms with van der Waals surface area (Å²) in [5, 5.41) is 25.7. The zero-order valence-electron chi connectivity index (χ0n) is 22.2. The predicted molar refractivity (Wildman–Crippen MR) is 146 cm³/mol. The monoisotopic (exact) mass is 573 g/mol. The number of benzene rings is 1. The summed E-state index contributed by atoms with van der Waals surface area (Å²) in [6, 6.07) is 3.56. The van der Waals surface area contributed by atoms with Crippen LogP contribution in [0, 0.1) is 0 Å². The Balaban J connectivity index is 2.22. The number of amides is 3. The standard InChI is InChI=1S/C25H35N9O7/c26-16(7-4-8-30-25(27)28)21(37)32-17(9-14-5-2-1-3-6-14)22(38)33-18(10-15-12-29-13-31-15)23(39)34-19(24(40)41)11-20(35)36/h1-3,5-6,12-13,16-19H,4,7-11,26H2,(H,29,31)(H,32,37)(H,33,38)(H,34,39)(H,35,36)(H,40,41)(H4,27,28,30). The molecule has 1 aromatic heterocycles. The summed E-state index contributed by atoms with van der Waals surface area (Å²) < 4.78 is 0. The van der Waals surface area contributed by atoms with E-state index in [-0.39, 0.29) is 31.8 Å². The highest BCUT2D eigenvalue weighted by Gasteiger charge is 2.31. The van der Waals surface area contributed by atoms with Crippen molar-refractivity contribution in [1.82, 2.24) is 25.9 Å². The number of carbonyl (C=O) groups is 5. The Morgan fingerprint density at radius 3 is 2.07 bits per heavy atom. The van der Waals surface area contributed by atoms with E-state index in [1.165, 1.54) is 12.5 Å². The van der Waals surface area contributed by atoms with Crippen LogP contribution in [-0.2, 0) is 36.8 Å². The minimum absolute atomic E-state index is 0.0499. The number of carboxylic acid groups (broad SMARTS) is 2. The molecule has 16 nitrogen and oxygen atoms in total. The first-order valence-electron chi connectivity index (χ1n) is 12.6. The smallest absolute Gasteiger partial charge is 0.326 e. The number of carbonyl (C=O) groups excluding carboxylic acids is 3. The lowest BCUT2D eigenvalue weighted by atomic mass is 10.0. The Morgan fingerprint density at radius 2 is 1.51 bits per heavy atom. The fourth-order valence-electron chi connectivity index (χ4n) is 3.73. The van der Waals surface area contributed by atoms with Crippen molar-refractivity contribution in [2.24, 2.45) is 22.2 Å². The third-order valence-corrected chi connectivity index (χ3v) is 5.83. The van der Waals surface area contributed by atoms with E-state index in [1.807, 2.05) is 0 Å². The van der Waals surface area contributed by atoms with Crippen molar-refractivity contribution in [3.8, 4) is 0 Å². The lowest BCUT2D eigenvalue weighted by Gasteiger charge is -2.25. The molecular weight excluding hydrogens is 538 g/mol. The first kappa shape index (κ1) is 32.2. The van der Waals surface area contributed by atoms with Crippen molar-refractivity contribution < 1.29 is 34.2 Å². The molecule has 0 saturated heterocycles. The van der Waals surface area contributed by atoms with Gasteiger partial charge < -0.3 is 48.3 Å². The maximum Gasteiger partial charge on any atom is 0.326 e. The number of aliphatic imine (C=N–C) groups is 1. The van der Waals surface area contributed by atoms with Crippen LogP contribution in [-0.4, -0.2) is 86.5 Å². The first-order valence-corrected chi connectivity index (χ1v) is 12.6. The highest BCUT2D eigenvalue weighted by Crippen LogP contribution is 2.07. The minimum Gasteiger partial charge on any atom is -0.481 e. The van der Waals surface area contributed by atoms with E-state index in [0.29, 0.717) is 17.7 Å². The van der Waals surface area contributed by atoms with Crippen LogP contribution in [0.3, 0.4) is 0 Å². The van der Waals surface area contributed by atoms with E-state index < -0.39 is 60.2 Å². The van der Waals surface area contributed by atoms with Gasteiger partial charge in [0.2, 0.25) is 17.7 Å². The molecule has 0 aliphatic heterocycles. The number of nitrogens with one attached hydrogen (secondary N) is 4. The maximum atomic E-state index is 13.5. The minimum atomic E-state index is -1.74. The number of imidazole rings is 1. The number of aliphatic carboxylic acids is 2. The second-order valence-electron chi connectivity index (χ2n) is 9.15. The molecule has 2 aromatic rings. The van der Waals surface area contributed by atoms with Crippen molar-refractivity contribution in [2.75, 3.05) is 6.54 Å². The number of aromatic nitrogens is 2. The summed E-state index contributed by atoms with van der Waals surface area (Å²) in [5.74, 6) is -5.40. The lowest BCUT2D eigenvalue weighted by Crippen LogP contribution is -2.58. The van der Waals surface area contributed by atoms with Gasteiger partial charge in [-0.3, -0.25) is 24.2 Å². The van der Waals surface area contributed by atoms with Gasteiger partial charge in [0, 0.05) is 31.3 Å². The van der Waals surface area contributed by atoms with Gasteiger partial charge in [-0.15, -0.1) is 0 Å². The number of hydrogen-bond donors (Lipinski definition) is 9. The quantitative estimate of drug-likeness (QED) is 0.0545. The van der Waals surface area contributed by atoms with Crippen LogP contribution in [0.2, 0.25) is 0 Å². The van der Waals surface area contributed by atoms with Crippen molar-refractivity contribution in [3.05, 3.63) is 54.1 Å². The number of nitrogens with zero attached hydrogens (tertiary/aromatic N) is 2. The molecule has 1 heterocycles. The Labute approximate surface area is 235 Å². The van der Waals surface area contributed by atoms with Gasteiger partial charge in [0.15, 0.2) is 5.96 Å². The van der Waals surface area contributed by atoms with Crippen molar-refractivity contribution >= 4 is 35.6 Å². The Kier molecular flexibility index (Phi) is 12.7. The van der Waals surface area contributed by atoms with Crippen LogP contribution in [0.15, 0.2) is 47.8 Å². The number of rotatable bonds is 17. The predicted octanol–water partition coefficient (Wildman–Crippen LogP) is -2.41. The molecular formula is C25H35N9O7. The molecule has 0 spiro atoms. The lowest BCUT2D eigenvalue weighted by molar-refractivity contribution is -0.147. The molecule has 0 saturated carbocycles. The molecule has 12 N–H and O–H groups in total. The highest BCUT2D eigenvalue weighted by molar-refractivity contribution is 5.95. The van der Waals surface area contributed by atoms with Crippen LogP contribution in [0.25, 0.3) is 0 Å². The molecule has 222 valence electrons. The number of carboxylic acids is 2. The Hall–Kier alpha value is -4.99. The van der Waals surface area contributed by atoms with Crippen molar-refractivity contribution in [2.45, 2.75) is 56.3 Å². The van der Waals surface area contributed by atoms with E-state index >= 15 is 0 Å². The summed E-state index contributed by atoms with van der Waals surface area (Å²) in [7, 11) is 0.